The molecule has 6 heteroatoms. The number of carbonyl (C=O) groups excluding carboxylic acids is 1. The molecule has 4 nitrogen and oxygen atoms in total. The van der Waals surface area contributed by atoms with E-state index in [1.54, 1.807) is 0 Å². The van der Waals surface area contributed by atoms with E-state index in [0.29, 0.717) is 4.88 Å². The number of aryl methyl sites for hydroxylation is 1. The van der Waals surface area contributed by atoms with Gasteiger partial charge in [0.1, 0.15) is 4.88 Å². The van der Waals surface area contributed by atoms with Crippen molar-refractivity contribution in [3.05, 3.63) is 46.0 Å². The molecule has 0 spiro atoms. The van der Waals surface area contributed by atoms with Crippen molar-refractivity contribution < 1.29 is 4.79 Å². The largest absolute Gasteiger partial charge is 0.343 e. The smallest absolute Gasteiger partial charge is 0.265 e. The van der Waals surface area contributed by atoms with Crippen molar-refractivity contribution in [1.82, 2.24) is 14.9 Å². The maximum Gasteiger partial charge on any atom is 0.265 e. The topological polar surface area (TPSA) is 54.9 Å². The maximum atomic E-state index is 12.5. The quantitative estimate of drug-likeness (QED) is 0.845. The Morgan fingerprint density at radius 1 is 1.48 bits per heavy atom. The number of nitrogens with zero attached hydrogens (tertiary/aromatic N) is 2. The highest BCUT2D eigenvalue weighted by Crippen LogP contribution is 2.36. The van der Waals surface area contributed by atoms with Gasteiger partial charge in [0.2, 0.25) is 0 Å². The number of nitrogens with one attached hydrogen (secondary N) is 1. The van der Waals surface area contributed by atoms with Crippen LogP contribution in [-0.4, -0.2) is 20.3 Å². The second kappa shape index (κ2) is 6.23. The van der Waals surface area contributed by atoms with Crippen molar-refractivity contribution in [2.75, 3.05) is 0 Å². The van der Waals surface area contributed by atoms with Crippen LogP contribution < -0.4 is 5.32 Å². The summed E-state index contributed by atoms with van der Waals surface area (Å²) >= 11 is 4.86. The van der Waals surface area contributed by atoms with Gasteiger partial charge in [-0.05, 0) is 35.5 Å². The molecule has 110 valence electrons. The zero-order chi connectivity index (χ0) is 14.8. The number of benzene rings is 1. The molecule has 2 aromatic rings. The van der Waals surface area contributed by atoms with Crippen LogP contribution in [0.5, 0.6) is 0 Å². The lowest BCUT2D eigenvalue weighted by Gasteiger charge is -2.17. The fraction of sp³-hybridized carbons (Fsp3) is 0.400. The van der Waals surface area contributed by atoms with Crippen LogP contribution in [0.15, 0.2) is 24.3 Å². The van der Waals surface area contributed by atoms with E-state index in [0.717, 1.165) is 25.0 Å². The third-order valence-corrected chi connectivity index (χ3v) is 5.32. The SMILES string of the molecule is CCCc1nnsc1C(=O)NC1c2ccccc2CC1Br. The van der Waals surface area contributed by atoms with E-state index in [4.69, 9.17) is 0 Å². The molecule has 0 saturated heterocycles. The average Bonchev–Trinajstić information content (AvgIpc) is 3.05. The number of rotatable bonds is 4. The number of amides is 1. The fourth-order valence-corrected chi connectivity index (χ4v) is 4.08. The van der Waals surface area contributed by atoms with Gasteiger partial charge in [-0.1, -0.05) is 58.0 Å². The molecule has 21 heavy (non-hydrogen) atoms. The molecule has 1 amide bonds. The first kappa shape index (κ1) is 14.7. The van der Waals surface area contributed by atoms with Crippen molar-refractivity contribution >= 4 is 33.4 Å². The van der Waals surface area contributed by atoms with Crippen LogP contribution >= 0.6 is 27.5 Å². The molecule has 0 bridgehead atoms. The number of hydrogen-bond acceptors (Lipinski definition) is 4. The zero-order valence-electron chi connectivity index (χ0n) is 11.7. The van der Waals surface area contributed by atoms with Gasteiger partial charge in [0, 0.05) is 4.83 Å². The van der Waals surface area contributed by atoms with Crippen LogP contribution in [0.2, 0.25) is 0 Å². The summed E-state index contributed by atoms with van der Waals surface area (Å²) < 4.78 is 3.92. The van der Waals surface area contributed by atoms with E-state index in [1.165, 1.54) is 22.7 Å². The van der Waals surface area contributed by atoms with Crippen LogP contribution in [0.25, 0.3) is 0 Å². The Morgan fingerprint density at radius 3 is 3.10 bits per heavy atom. The van der Waals surface area contributed by atoms with Gasteiger partial charge in [0.05, 0.1) is 11.7 Å². The van der Waals surface area contributed by atoms with Gasteiger partial charge in [0.25, 0.3) is 5.91 Å². The molecule has 1 aromatic heterocycles. The van der Waals surface area contributed by atoms with E-state index in [2.05, 4.69) is 49.9 Å². The molecule has 0 fully saturated rings. The summed E-state index contributed by atoms with van der Waals surface area (Å²) in [6.45, 7) is 2.07. The van der Waals surface area contributed by atoms with Crippen LogP contribution in [0.3, 0.4) is 0 Å². The monoisotopic (exact) mass is 365 g/mol. The minimum absolute atomic E-state index is 0.00489. The van der Waals surface area contributed by atoms with E-state index < -0.39 is 0 Å². The van der Waals surface area contributed by atoms with Gasteiger partial charge < -0.3 is 5.32 Å². The van der Waals surface area contributed by atoms with Gasteiger partial charge >= 0.3 is 0 Å². The molecular formula is C15H16BrN3OS. The Balaban J connectivity index is 1.80. The van der Waals surface area contributed by atoms with E-state index in [1.807, 2.05) is 12.1 Å². The second-order valence-corrected chi connectivity index (χ2v) is 7.10. The highest BCUT2D eigenvalue weighted by atomic mass is 79.9. The highest BCUT2D eigenvalue weighted by Gasteiger charge is 2.32. The van der Waals surface area contributed by atoms with Crippen LogP contribution in [0.1, 0.15) is 45.9 Å². The van der Waals surface area contributed by atoms with Crippen LogP contribution in [-0.2, 0) is 12.8 Å². The Morgan fingerprint density at radius 2 is 2.29 bits per heavy atom. The molecule has 0 aliphatic heterocycles. The Bertz CT molecular complexity index is 658. The van der Waals surface area contributed by atoms with Gasteiger partial charge in [-0.15, -0.1) is 5.10 Å². The number of hydrogen-bond donors (Lipinski definition) is 1. The van der Waals surface area contributed by atoms with Crippen molar-refractivity contribution in [1.29, 1.82) is 0 Å². The standard InChI is InChI=1S/C15H16BrN3OS/c1-2-5-12-14(21-19-18-12)15(20)17-13-10-7-4-3-6-9(10)8-11(13)16/h3-4,6-7,11,13H,2,5,8H2,1H3,(H,17,20). The van der Waals surface area contributed by atoms with Gasteiger partial charge in [-0.2, -0.15) is 0 Å². The number of aromatic nitrogens is 2. The van der Waals surface area contributed by atoms with Crippen LogP contribution in [0.4, 0.5) is 0 Å². The molecule has 1 heterocycles. The Hall–Kier alpha value is -1.27. The summed E-state index contributed by atoms with van der Waals surface area (Å²) in [7, 11) is 0. The molecule has 1 N–H and O–H groups in total. The molecule has 3 rings (SSSR count). The van der Waals surface area contributed by atoms with Gasteiger partial charge in [0.15, 0.2) is 0 Å². The summed E-state index contributed by atoms with van der Waals surface area (Å²) in [6, 6.07) is 8.26. The lowest BCUT2D eigenvalue weighted by molar-refractivity contribution is 0.0941. The number of halogens is 1. The van der Waals surface area contributed by atoms with E-state index in [9.17, 15) is 4.79 Å². The first-order chi connectivity index (χ1) is 10.2. The molecule has 0 saturated carbocycles. The van der Waals surface area contributed by atoms with Crippen molar-refractivity contribution in [3.8, 4) is 0 Å². The predicted octanol–water partition coefficient (Wildman–Crippen LogP) is 3.28. The first-order valence-electron chi connectivity index (χ1n) is 7.04. The summed E-state index contributed by atoms with van der Waals surface area (Å²) in [4.78, 5) is 13.4. The summed E-state index contributed by atoms with van der Waals surface area (Å²) in [6.07, 6.45) is 2.68. The third kappa shape index (κ3) is 2.87. The minimum atomic E-state index is -0.0698. The minimum Gasteiger partial charge on any atom is -0.343 e. The molecular weight excluding hydrogens is 350 g/mol. The third-order valence-electron chi connectivity index (χ3n) is 3.70. The zero-order valence-corrected chi connectivity index (χ0v) is 14.1. The first-order valence-corrected chi connectivity index (χ1v) is 8.73. The average molecular weight is 366 g/mol. The molecule has 1 aliphatic carbocycles. The van der Waals surface area contributed by atoms with Crippen molar-refractivity contribution in [2.45, 2.75) is 37.1 Å². The summed E-state index contributed by atoms with van der Waals surface area (Å²) in [5, 5.41) is 7.19. The lowest BCUT2D eigenvalue weighted by Crippen LogP contribution is -2.31. The van der Waals surface area contributed by atoms with Crippen molar-refractivity contribution in [2.24, 2.45) is 0 Å². The molecule has 1 aromatic carbocycles. The molecule has 1 aliphatic rings. The Kier molecular flexibility index (Phi) is 4.35. The molecule has 0 radical (unpaired) electrons. The number of fused-ring (bicyclic) bond motifs is 1. The molecule has 2 atom stereocenters. The lowest BCUT2D eigenvalue weighted by atomic mass is 10.1. The van der Waals surface area contributed by atoms with Crippen molar-refractivity contribution in [3.63, 3.8) is 0 Å². The normalized spacial score (nSPS) is 20.3. The van der Waals surface area contributed by atoms with Gasteiger partial charge in [-0.3, -0.25) is 4.79 Å². The molecule has 2 unspecified atom stereocenters. The number of carbonyl (C=O) groups is 1. The highest BCUT2D eigenvalue weighted by molar-refractivity contribution is 9.09. The maximum absolute atomic E-state index is 12.5. The summed E-state index contributed by atoms with van der Waals surface area (Å²) in [5.74, 6) is -0.0698. The second-order valence-electron chi connectivity index (χ2n) is 5.17. The predicted molar refractivity (Wildman–Crippen MR) is 87.0 cm³/mol. The summed E-state index contributed by atoms with van der Waals surface area (Å²) in [5.41, 5.74) is 3.29. The number of alkyl halides is 1. The van der Waals surface area contributed by atoms with Gasteiger partial charge in [-0.25, -0.2) is 0 Å². The van der Waals surface area contributed by atoms with E-state index in [-0.39, 0.29) is 16.8 Å². The van der Waals surface area contributed by atoms with Crippen LogP contribution in [0, 0.1) is 0 Å². The Labute approximate surface area is 136 Å². The van der Waals surface area contributed by atoms with E-state index >= 15 is 0 Å². The fourth-order valence-electron chi connectivity index (χ4n) is 2.70.